The van der Waals surface area contributed by atoms with E-state index in [2.05, 4.69) is 77.0 Å². The molecule has 0 saturated carbocycles. The Balaban J connectivity index is 1.29. The number of aliphatic hydroxyl groups is 2. The van der Waals surface area contributed by atoms with Gasteiger partial charge in [-0.2, -0.15) is 0 Å². The standard InChI is InChI=1S/C46H51IN2O8/c1-8-14-31-37-27(5)34(50)23-46(31,53)19-12-10-9-11-17-35(37)56-44-41(57-36-22-26(4)29(24-54-36)21-25(2)3)43(52)45(7,28(6)55-44)42(51)40-39-30(18-20-48-40)38-32(47)15-13-16-33(38)49-39/h9-10,13-16,18,20,25-26,28-29,35-36,41,43-44,49,52-53H,8,21-24H2,1-7H3/b10-9-,31-14+/t26?,28?,29?,35-,36?,41?,43?,44?,45?,46-/m0/s1. The maximum Gasteiger partial charge on any atom is 0.194 e. The number of aliphatic hydroxyl groups excluding tert-OH is 1. The van der Waals surface area contributed by atoms with Crippen LogP contribution in [0.25, 0.3) is 21.8 Å². The van der Waals surface area contributed by atoms with Gasteiger partial charge in [0.05, 0.1) is 30.1 Å². The van der Waals surface area contributed by atoms with E-state index in [0.717, 1.165) is 26.3 Å². The molecule has 2 fully saturated rings. The van der Waals surface area contributed by atoms with E-state index in [4.69, 9.17) is 18.9 Å². The first-order valence-electron chi connectivity index (χ1n) is 19.9. The van der Waals surface area contributed by atoms with Gasteiger partial charge in [0.25, 0.3) is 0 Å². The molecule has 2 aliphatic heterocycles. The topological polar surface area (TPSA) is 140 Å². The Hall–Kier alpha value is -3.66. The van der Waals surface area contributed by atoms with Crippen molar-refractivity contribution in [2.75, 3.05) is 6.61 Å². The van der Waals surface area contributed by atoms with Crippen molar-refractivity contribution in [2.24, 2.45) is 23.2 Å². The van der Waals surface area contributed by atoms with Gasteiger partial charge in [-0.25, -0.2) is 0 Å². The summed E-state index contributed by atoms with van der Waals surface area (Å²) in [5.74, 6) is 12.2. The van der Waals surface area contributed by atoms with Gasteiger partial charge in [0, 0.05) is 38.1 Å². The molecule has 11 heteroatoms. The van der Waals surface area contributed by atoms with Gasteiger partial charge in [-0.3, -0.25) is 14.6 Å². The Labute approximate surface area is 348 Å². The van der Waals surface area contributed by atoms with Crippen molar-refractivity contribution < 1.29 is 38.7 Å². The number of allylic oxidation sites excluding steroid dienone is 4. The number of pyridine rings is 1. The second-order valence-corrected chi connectivity index (χ2v) is 17.6. The molecule has 4 heterocycles. The van der Waals surface area contributed by atoms with Crippen LogP contribution < -0.4 is 0 Å². The van der Waals surface area contributed by atoms with E-state index in [1.165, 1.54) is 6.08 Å². The summed E-state index contributed by atoms with van der Waals surface area (Å²) in [6.07, 6.45) is 1.69. The average Bonchev–Trinajstić information content (AvgIpc) is 3.56. The minimum atomic E-state index is -1.76. The summed E-state index contributed by atoms with van der Waals surface area (Å²) in [5, 5.41) is 26.4. The van der Waals surface area contributed by atoms with E-state index in [-0.39, 0.29) is 23.8 Å². The number of rotatable bonds is 9. The fourth-order valence-corrected chi connectivity index (χ4v) is 9.55. The number of nitrogens with one attached hydrogen (secondary N) is 1. The molecule has 3 aromatic rings. The van der Waals surface area contributed by atoms with Crippen LogP contribution in [-0.4, -0.2) is 81.0 Å². The molecule has 2 aromatic heterocycles. The van der Waals surface area contributed by atoms with E-state index in [1.54, 1.807) is 33.0 Å². The molecule has 0 radical (unpaired) electrons. The second-order valence-electron chi connectivity index (χ2n) is 16.5. The van der Waals surface area contributed by atoms with Crippen molar-refractivity contribution in [1.82, 2.24) is 9.97 Å². The molecule has 1 aromatic carbocycles. The van der Waals surface area contributed by atoms with Crippen LogP contribution in [0.15, 0.2) is 65.4 Å². The smallest absolute Gasteiger partial charge is 0.194 e. The summed E-state index contributed by atoms with van der Waals surface area (Å²) in [5.41, 5.74) is -0.493. The second kappa shape index (κ2) is 16.5. The molecule has 10 atom stereocenters. The molecule has 0 spiro atoms. The summed E-state index contributed by atoms with van der Waals surface area (Å²) in [6, 6.07) is 7.80. The molecule has 2 saturated heterocycles. The zero-order chi connectivity index (χ0) is 40.8. The highest BCUT2D eigenvalue weighted by Gasteiger charge is 2.59. The van der Waals surface area contributed by atoms with Crippen LogP contribution in [0.3, 0.4) is 0 Å². The molecule has 3 N–H and O–H groups in total. The number of carbonyl (C=O) groups excluding carboxylic acids is 2. The molecule has 8 unspecified atom stereocenters. The number of fused-ring (bicyclic) bond motifs is 5. The number of halogens is 1. The van der Waals surface area contributed by atoms with Crippen LogP contribution in [0.4, 0.5) is 0 Å². The van der Waals surface area contributed by atoms with Gasteiger partial charge in [-0.1, -0.05) is 63.5 Å². The fraction of sp³-hybridized carbons (Fsp3) is 0.500. The minimum Gasteiger partial charge on any atom is -0.389 e. The van der Waals surface area contributed by atoms with Crippen molar-refractivity contribution >= 4 is 56.0 Å². The Morgan fingerprint density at radius 3 is 2.70 bits per heavy atom. The monoisotopic (exact) mass is 886 g/mol. The lowest BCUT2D eigenvalue weighted by molar-refractivity contribution is -0.339. The fourth-order valence-electron chi connectivity index (χ4n) is 8.76. The van der Waals surface area contributed by atoms with Crippen LogP contribution in [0.1, 0.15) is 84.6 Å². The number of aromatic nitrogens is 2. The summed E-state index contributed by atoms with van der Waals surface area (Å²) in [7, 11) is 0. The number of ether oxygens (including phenoxy) is 4. The van der Waals surface area contributed by atoms with Crippen molar-refractivity contribution in [3.8, 4) is 23.7 Å². The third-order valence-corrected chi connectivity index (χ3v) is 13.1. The lowest BCUT2D eigenvalue weighted by Gasteiger charge is -2.50. The van der Waals surface area contributed by atoms with Crippen LogP contribution in [0.5, 0.6) is 0 Å². The number of carbonyl (C=O) groups is 2. The van der Waals surface area contributed by atoms with Gasteiger partial charge in [0.1, 0.15) is 24.0 Å². The van der Waals surface area contributed by atoms with E-state index in [9.17, 15) is 15.0 Å². The van der Waals surface area contributed by atoms with Crippen molar-refractivity contribution in [2.45, 2.75) is 117 Å². The third kappa shape index (κ3) is 7.69. The average molecular weight is 887 g/mol. The largest absolute Gasteiger partial charge is 0.389 e. The predicted octanol–water partition coefficient (Wildman–Crippen LogP) is 7.36. The maximum absolute atomic E-state index is 15.0. The molecular weight excluding hydrogens is 835 g/mol. The van der Waals surface area contributed by atoms with Gasteiger partial charge < -0.3 is 34.1 Å². The Bertz CT molecular complexity index is 2300. The number of ketones is 2. The number of aromatic amines is 1. The lowest BCUT2D eigenvalue weighted by atomic mass is 9.70. The first-order valence-corrected chi connectivity index (χ1v) is 21.0. The number of Topliss-reactive ketones (excluding diaryl/α,β-unsaturated/α-hetero) is 2. The van der Waals surface area contributed by atoms with Crippen molar-refractivity contribution in [3.05, 3.63) is 74.7 Å². The molecule has 2 bridgehead atoms. The normalized spacial score (nSPS) is 34.2. The minimum absolute atomic E-state index is 0.176. The first-order chi connectivity index (χ1) is 27.2. The summed E-state index contributed by atoms with van der Waals surface area (Å²) < 4.78 is 27.5. The molecule has 2 aliphatic carbocycles. The van der Waals surface area contributed by atoms with E-state index in [0.29, 0.717) is 53.5 Å². The zero-order valence-corrected chi connectivity index (χ0v) is 35.7. The first kappa shape index (κ1) is 41.5. The van der Waals surface area contributed by atoms with Crippen molar-refractivity contribution in [1.29, 1.82) is 0 Å². The number of hydrogen-bond donors (Lipinski definition) is 3. The highest BCUT2D eigenvalue weighted by molar-refractivity contribution is 14.1. The van der Waals surface area contributed by atoms with E-state index < -0.39 is 53.8 Å². The zero-order valence-electron chi connectivity index (χ0n) is 33.5. The van der Waals surface area contributed by atoms with Crippen LogP contribution in [0, 0.1) is 50.4 Å². The number of hydrogen-bond acceptors (Lipinski definition) is 9. The molecular formula is C46H51IN2O8. The number of H-pyrrole nitrogens is 1. The number of nitrogens with zero attached hydrogens (tertiary/aromatic N) is 1. The van der Waals surface area contributed by atoms with E-state index >= 15 is 4.79 Å². The lowest BCUT2D eigenvalue weighted by Crippen LogP contribution is -2.65. The Morgan fingerprint density at radius 1 is 1.19 bits per heavy atom. The Kier molecular flexibility index (Phi) is 12.0. The maximum atomic E-state index is 15.0. The van der Waals surface area contributed by atoms with Gasteiger partial charge >= 0.3 is 0 Å². The summed E-state index contributed by atoms with van der Waals surface area (Å²) >= 11 is 2.29. The predicted molar refractivity (Wildman–Crippen MR) is 226 cm³/mol. The van der Waals surface area contributed by atoms with Crippen molar-refractivity contribution in [3.63, 3.8) is 0 Å². The summed E-state index contributed by atoms with van der Waals surface area (Å²) in [6.45, 7) is 14.1. The molecule has 300 valence electrons. The molecule has 7 rings (SSSR count). The molecule has 0 amide bonds. The van der Waals surface area contributed by atoms with Crippen LogP contribution >= 0.6 is 22.6 Å². The molecule has 10 nitrogen and oxygen atoms in total. The third-order valence-electron chi connectivity index (χ3n) is 12.2. The van der Waals surface area contributed by atoms with Gasteiger partial charge in [-0.15, -0.1) is 0 Å². The van der Waals surface area contributed by atoms with Crippen LogP contribution in [0.2, 0.25) is 0 Å². The van der Waals surface area contributed by atoms with Crippen LogP contribution in [-0.2, 0) is 23.7 Å². The molecule has 4 aliphatic rings. The highest BCUT2D eigenvalue weighted by Crippen LogP contribution is 2.46. The van der Waals surface area contributed by atoms with E-state index in [1.807, 2.05) is 37.3 Å². The SMILES string of the molecule is CC/C=C1\C2=C(C)C(=O)C[C@@]1(O)C#C/C=C\C#C[C@@H]2OC1OC(C)C(C)(C(=O)c2nccc3c2[nH]c2cccc(I)c23)C(O)C1OC1CC(C)C(CC(C)C)CO1. The quantitative estimate of drug-likeness (QED) is 0.114. The van der Waals surface area contributed by atoms with Gasteiger partial charge in [0.2, 0.25) is 0 Å². The van der Waals surface area contributed by atoms with Gasteiger partial charge in [0.15, 0.2) is 29.7 Å². The Morgan fingerprint density at radius 2 is 1.96 bits per heavy atom. The van der Waals surface area contributed by atoms with Gasteiger partial charge in [-0.05, 0) is 115 Å². The number of benzene rings is 1. The highest BCUT2D eigenvalue weighted by atomic mass is 127. The molecule has 57 heavy (non-hydrogen) atoms. The summed E-state index contributed by atoms with van der Waals surface area (Å²) in [4.78, 5) is 36.5.